The van der Waals surface area contributed by atoms with Crippen LogP contribution < -0.4 is 10.2 Å². The van der Waals surface area contributed by atoms with Crippen molar-refractivity contribution in [2.45, 2.75) is 25.6 Å². The summed E-state index contributed by atoms with van der Waals surface area (Å²) in [5, 5.41) is 2.89. The molecule has 152 valence electrons. The van der Waals surface area contributed by atoms with Crippen LogP contribution in [0.25, 0.3) is 0 Å². The van der Waals surface area contributed by atoms with Crippen molar-refractivity contribution in [3.8, 4) is 0 Å². The van der Waals surface area contributed by atoms with Gasteiger partial charge in [-0.1, -0.05) is 55.5 Å². The number of rotatable bonds is 5. The van der Waals surface area contributed by atoms with Crippen LogP contribution in [0.1, 0.15) is 39.3 Å². The maximum Gasteiger partial charge on any atom is 0.255 e. The fourth-order valence-electron chi connectivity index (χ4n) is 3.77. The molecule has 1 aliphatic rings. The second-order valence-corrected chi connectivity index (χ2v) is 8.37. The van der Waals surface area contributed by atoms with Crippen LogP contribution in [-0.4, -0.2) is 17.6 Å². The molecule has 0 aromatic heterocycles. The van der Waals surface area contributed by atoms with E-state index >= 15 is 0 Å². The molecule has 0 saturated carbocycles. The summed E-state index contributed by atoms with van der Waals surface area (Å²) in [5.74, 6) is 0.427. The van der Waals surface area contributed by atoms with Gasteiger partial charge in [-0.25, -0.2) is 0 Å². The lowest BCUT2D eigenvalue weighted by Crippen LogP contribution is -2.28. The number of benzene rings is 3. The number of nitrogens with one attached hydrogen (secondary N) is 1. The van der Waals surface area contributed by atoms with Gasteiger partial charge in [0, 0.05) is 16.9 Å². The number of anilines is 2. The van der Waals surface area contributed by atoms with Gasteiger partial charge >= 0.3 is 0 Å². The Kier molecular flexibility index (Phi) is 5.91. The summed E-state index contributed by atoms with van der Waals surface area (Å²) >= 11 is 1.62. The average Bonchev–Trinajstić information content (AvgIpc) is 3.15. The van der Waals surface area contributed by atoms with Crippen molar-refractivity contribution in [3.63, 3.8) is 0 Å². The van der Waals surface area contributed by atoms with Gasteiger partial charge in [0.25, 0.3) is 5.91 Å². The zero-order chi connectivity index (χ0) is 21.1. The fraction of sp³-hybridized carbons (Fsp3) is 0.200. The molecule has 1 aliphatic heterocycles. The Morgan fingerprint density at radius 1 is 1.07 bits per heavy atom. The molecule has 5 heteroatoms. The highest BCUT2D eigenvalue weighted by atomic mass is 32.2. The van der Waals surface area contributed by atoms with Gasteiger partial charge in [0.05, 0.1) is 5.75 Å². The molecule has 0 radical (unpaired) electrons. The van der Waals surface area contributed by atoms with E-state index < -0.39 is 0 Å². The van der Waals surface area contributed by atoms with Crippen molar-refractivity contribution in [1.82, 2.24) is 0 Å². The van der Waals surface area contributed by atoms with Gasteiger partial charge in [-0.05, 0) is 54.3 Å². The van der Waals surface area contributed by atoms with Crippen LogP contribution in [0.5, 0.6) is 0 Å². The molecule has 1 saturated heterocycles. The van der Waals surface area contributed by atoms with E-state index in [1.807, 2.05) is 78.6 Å². The first-order chi connectivity index (χ1) is 14.6. The fourth-order valence-corrected chi connectivity index (χ4v) is 4.93. The van der Waals surface area contributed by atoms with E-state index in [0.29, 0.717) is 11.3 Å². The molecule has 1 unspecified atom stereocenters. The number of aryl methyl sites for hydroxylation is 2. The van der Waals surface area contributed by atoms with E-state index in [0.717, 1.165) is 34.5 Å². The summed E-state index contributed by atoms with van der Waals surface area (Å²) in [5.41, 5.74) is 5.44. The lowest BCUT2D eigenvalue weighted by atomic mass is 10.1. The maximum absolute atomic E-state index is 12.7. The van der Waals surface area contributed by atoms with E-state index in [9.17, 15) is 9.59 Å². The molecule has 2 amide bonds. The zero-order valence-electron chi connectivity index (χ0n) is 17.1. The molecule has 0 aliphatic carbocycles. The Morgan fingerprint density at radius 3 is 2.63 bits per heavy atom. The van der Waals surface area contributed by atoms with E-state index in [-0.39, 0.29) is 17.2 Å². The standard InChI is InChI=1S/C25H24N2O2S/c1-3-18-10-5-7-14-22(18)27-23(28)16-30-25(27)19-11-8-12-20(15-19)26-24(29)21-13-6-4-9-17(21)2/h4-15,25H,3,16H2,1-2H3,(H,26,29). The first kappa shape index (κ1) is 20.2. The quantitative estimate of drug-likeness (QED) is 0.590. The first-order valence-electron chi connectivity index (χ1n) is 10.1. The monoisotopic (exact) mass is 416 g/mol. The van der Waals surface area contributed by atoms with Gasteiger partial charge in [-0.2, -0.15) is 0 Å². The van der Waals surface area contributed by atoms with Crippen LogP contribution in [-0.2, 0) is 11.2 Å². The van der Waals surface area contributed by atoms with Gasteiger partial charge in [0.2, 0.25) is 5.91 Å². The first-order valence-corrected chi connectivity index (χ1v) is 11.1. The second-order valence-electron chi connectivity index (χ2n) is 7.30. The third kappa shape index (κ3) is 3.98. The van der Waals surface area contributed by atoms with Crippen LogP contribution in [0.4, 0.5) is 11.4 Å². The molecule has 0 spiro atoms. The Labute approximate surface area is 181 Å². The van der Waals surface area contributed by atoms with E-state index in [1.54, 1.807) is 11.8 Å². The molecule has 3 aromatic rings. The van der Waals surface area contributed by atoms with Crippen LogP contribution >= 0.6 is 11.8 Å². The molecule has 1 fully saturated rings. The Hall–Kier alpha value is -3.05. The minimum absolute atomic E-state index is 0.111. The second kappa shape index (κ2) is 8.76. The summed E-state index contributed by atoms with van der Waals surface area (Å²) < 4.78 is 0. The zero-order valence-corrected chi connectivity index (χ0v) is 17.9. The summed E-state index contributed by atoms with van der Waals surface area (Å²) in [6.07, 6.45) is 0.865. The summed E-state index contributed by atoms with van der Waals surface area (Å²) in [6.45, 7) is 4.03. The smallest absolute Gasteiger partial charge is 0.255 e. The van der Waals surface area contributed by atoms with Gasteiger partial charge in [0.15, 0.2) is 0 Å². The number of amides is 2. The molecule has 1 atom stereocenters. The highest BCUT2D eigenvalue weighted by Gasteiger charge is 2.35. The van der Waals surface area contributed by atoms with Crippen molar-refractivity contribution >= 4 is 35.0 Å². The topological polar surface area (TPSA) is 49.4 Å². The van der Waals surface area contributed by atoms with E-state index in [1.165, 1.54) is 0 Å². The number of hydrogen-bond donors (Lipinski definition) is 1. The van der Waals surface area contributed by atoms with Crippen molar-refractivity contribution in [2.75, 3.05) is 16.0 Å². The van der Waals surface area contributed by atoms with E-state index in [2.05, 4.69) is 18.3 Å². The van der Waals surface area contributed by atoms with Gasteiger partial charge in [-0.3, -0.25) is 14.5 Å². The molecule has 4 rings (SSSR count). The average molecular weight is 417 g/mol. The van der Waals surface area contributed by atoms with Crippen LogP contribution in [0.3, 0.4) is 0 Å². The maximum atomic E-state index is 12.7. The number of thioether (sulfide) groups is 1. The normalized spacial score (nSPS) is 16.0. The number of para-hydroxylation sites is 1. The predicted molar refractivity (Wildman–Crippen MR) is 124 cm³/mol. The molecular formula is C25H24N2O2S. The van der Waals surface area contributed by atoms with Crippen LogP contribution in [0.2, 0.25) is 0 Å². The Bertz CT molecular complexity index is 1100. The third-order valence-corrected chi connectivity index (χ3v) is 6.53. The summed E-state index contributed by atoms with van der Waals surface area (Å²) in [7, 11) is 0. The lowest BCUT2D eigenvalue weighted by molar-refractivity contribution is -0.115. The minimum Gasteiger partial charge on any atom is -0.322 e. The molecule has 3 aromatic carbocycles. The van der Waals surface area contributed by atoms with E-state index in [4.69, 9.17) is 0 Å². The summed E-state index contributed by atoms with van der Waals surface area (Å²) in [6, 6.07) is 23.4. The Balaban J connectivity index is 1.62. The molecule has 0 bridgehead atoms. The van der Waals surface area contributed by atoms with Crippen molar-refractivity contribution in [1.29, 1.82) is 0 Å². The third-order valence-electron chi connectivity index (χ3n) is 5.32. The van der Waals surface area contributed by atoms with Crippen molar-refractivity contribution < 1.29 is 9.59 Å². The number of carbonyl (C=O) groups excluding carboxylic acids is 2. The van der Waals surface area contributed by atoms with Gasteiger partial charge < -0.3 is 5.32 Å². The number of nitrogens with zero attached hydrogens (tertiary/aromatic N) is 1. The van der Waals surface area contributed by atoms with Crippen LogP contribution in [0, 0.1) is 6.92 Å². The number of carbonyl (C=O) groups is 2. The highest BCUT2D eigenvalue weighted by molar-refractivity contribution is 8.00. The van der Waals surface area contributed by atoms with Gasteiger partial charge in [0.1, 0.15) is 5.37 Å². The summed E-state index contributed by atoms with van der Waals surface area (Å²) in [4.78, 5) is 27.3. The SMILES string of the molecule is CCc1ccccc1N1C(=O)CSC1c1cccc(NC(=O)c2ccccc2C)c1. The van der Waals surface area contributed by atoms with Crippen molar-refractivity contribution in [3.05, 3.63) is 95.1 Å². The lowest BCUT2D eigenvalue weighted by Gasteiger charge is -2.26. The predicted octanol–water partition coefficient (Wildman–Crippen LogP) is 5.59. The molecule has 30 heavy (non-hydrogen) atoms. The van der Waals surface area contributed by atoms with Crippen molar-refractivity contribution in [2.24, 2.45) is 0 Å². The Morgan fingerprint density at radius 2 is 1.83 bits per heavy atom. The highest BCUT2D eigenvalue weighted by Crippen LogP contribution is 2.43. The molecule has 1 heterocycles. The van der Waals surface area contributed by atoms with Gasteiger partial charge in [-0.15, -0.1) is 11.8 Å². The molecule has 1 N–H and O–H groups in total. The largest absolute Gasteiger partial charge is 0.322 e. The minimum atomic E-state index is -0.131. The number of hydrogen-bond acceptors (Lipinski definition) is 3. The molecular weight excluding hydrogens is 392 g/mol. The molecule has 4 nitrogen and oxygen atoms in total. The van der Waals surface area contributed by atoms with Crippen LogP contribution in [0.15, 0.2) is 72.8 Å².